The van der Waals surface area contributed by atoms with E-state index in [9.17, 15) is 22.3 Å². The molecule has 11 heteroatoms. The fourth-order valence-corrected chi connectivity index (χ4v) is 7.47. The van der Waals surface area contributed by atoms with Crippen LogP contribution in [-0.4, -0.2) is 58.7 Å². The number of β-amino-alcohol motifs (C(OH)–C–C–N with tert-alkyl or cyclic N) is 1. The van der Waals surface area contributed by atoms with E-state index in [1.165, 1.54) is 31.5 Å². The van der Waals surface area contributed by atoms with Gasteiger partial charge in [-0.25, -0.2) is 26.2 Å². The summed E-state index contributed by atoms with van der Waals surface area (Å²) in [4.78, 5) is 10.8. The highest BCUT2D eigenvalue weighted by Crippen LogP contribution is 2.39. The van der Waals surface area contributed by atoms with Crippen LogP contribution in [0.1, 0.15) is 41.8 Å². The van der Waals surface area contributed by atoms with Gasteiger partial charge in [0.15, 0.2) is 5.65 Å². The second kappa shape index (κ2) is 12.8. The van der Waals surface area contributed by atoms with Crippen molar-refractivity contribution in [3.05, 3.63) is 102 Å². The summed E-state index contributed by atoms with van der Waals surface area (Å²) in [5.41, 5.74) is 4.44. The van der Waals surface area contributed by atoms with Crippen LogP contribution in [-0.2, 0) is 27.9 Å². The summed E-state index contributed by atoms with van der Waals surface area (Å²) >= 11 is 0. The lowest BCUT2D eigenvalue weighted by atomic mass is 9.99. The van der Waals surface area contributed by atoms with Crippen molar-refractivity contribution in [2.45, 2.75) is 50.3 Å². The SMILES string of the molecule is COCc1c(-c2ccnc(C(F)F)c2)c2cc(-c3ccc(CN4CCCC(O)C4)cc3)cnc2n1S(=O)(=O)c1ccc(C)cc1. The second-order valence-corrected chi connectivity index (χ2v) is 13.2. The van der Waals surface area contributed by atoms with Gasteiger partial charge in [-0.05, 0) is 73.3 Å². The average Bonchev–Trinajstić information content (AvgIpc) is 3.35. The van der Waals surface area contributed by atoms with E-state index in [-0.39, 0.29) is 28.9 Å². The third-order valence-corrected chi connectivity index (χ3v) is 9.91. The number of pyridine rings is 2. The number of hydrogen-bond acceptors (Lipinski definition) is 7. The molecule has 0 bridgehead atoms. The van der Waals surface area contributed by atoms with Crippen LogP contribution in [0.5, 0.6) is 0 Å². The Morgan fingerprint density at radius 1 is 1.00 bits per heavy atom. The number of rotatable bonds is 9. The fourth-order valence-electron chi connectivity index (χ4n) is 5.97. The minimum Gasteiger partial charge on any atom is -0.392 e. The Morgan fingerprint density at radius 3 is 2.44 bits per heavy atom. The predicted octanol–water partition coefficient (Wildman–Crippen LogP) is 6.35. The third kappa shape index (κ3) is 6.26. The Morgan fingerprint density at radius 2 is 1.76 bits per heavy atom. The Balaban J connectivity index is 1.50. The van der Waals surface area contributed by atoms with Crippen molar-refractivity contribution < 1.29 is 27.0 Å². The summed E-state index contributed by atoms with van der Waals surface area (Å²) in [6, 6.07) is 19.2. The molecule has 8 nitrogen and oxygen atoms in total. The van der Waals surface area contributed by atoms with E-state index in [0.29, 0.717) is 23.1 Å². The van der Waals surface area contributed by atoms with Gasteiger partial charge in [-0.2, -0.15) is 0 Å². The molecule has 1 saturated heterocycles. The Labute approximate surface area is 261 Å². The van der Waals surface area contributed by atoms with Crippen LogP contribution in [0.4, 0.5) is 8.78 Å². The number of aliphatic hydroxyl groups is 1. The number of piperidine rings is 1. The summed E-state index contributed by atoms with van der Waals surface area (Å²) in [5.74, 6) is 0. The Kier molecular flexibility index (Phi) is 8.78. The number of hydrogen-bond donors (Lipinski definition) is 1. The van der Waals surface area contributed by atoms with Gasteiger partial charge in [0.25, 0.3) is 16.4 Å². The first-order chi connectivity index (χ1) is 21.7. The normalized spacial score (nSPS) is 16.1. The molecule has 0 spiro atoms. The Bertz CT molecular complexity index is 1930. The van der Waals surface area contributed by atoms with Crippen molar-refractivity contribution in [1.82, 2.24) is 18.8 Å². The van der Waals surface area contributed by atoms with Crippen LogP contribution in [0, 0.1) is 6.92 Å². The van der Waals surface area contributed by atoms with Crippen LogP contribution < -0.4 is 0 Å². The van der Waals surface area contributed by atoms with Gasteiger partial charge in [0.05, 0.1) is 23.3 Å². The number of ether oxygens (including phenoxy) is 1. The number of benzene rings is 2. The highest BCUT2D eigenvalue weighted by molar-refractivity contribution is 7.90. The molecule has 3 aromatic heterocycles. The molecule has 1 fully saturated rings. The first kappa shape index (κ1) is 31.0. The lowest BCUT2D eigenvalue weighted by Crippen LogP contribution is -2.37. The highest BCUT2D eigenvalue weighted by atomic mass is 32.2. The maximum absolute atomic E-state index is 14.2. The van der Waals surface area contributed by atoms with Gasteiger partial charge in [0.2, 0.25) is 0 Å². The number of aliphatic hydroxyl groups excluding tert-OH is 1. The van der Waals surface area contributed by atoms with Crippen LogP contribution in [0.25, 0.3) is 33.3 Å². The number of nitrogens with zero attached hydrogens (tertiary/aromatic N) is 4. The molecule has 234 valence electrons. The Hall–Kier alpha value is -4.03. The highest BCUT2D eigenvalue weighted by Gasteiger charge is 2.29. The zero-order valence-electron chi connectivity index (χ0n) is 25.0. The molecule has 5 aromatic rings. The summed E-state index contributed by atoms with van der Waals surface area (Å²) < 4.78 is 62.5. The van der Waals surface area contributed by atoms with E-state index < -0.39 is 22.1 Å². The molecule has 4 heterocycles. The lowest BCUT2D eigenvalue weighted by molar-refractivity contribution is 0.0668. The molecule has 0 amide bonds. The van der Waals surface area contributed by atoms with Crippen molar-refractivity contribution >= 4 is 21.1 Å². The van der Waals surface area contributed by atoms with Gasteiger partial charge in [0, 0.05) is 49.1 Å². The molecule has 45 heavy (non-hydrogen) atoms. The van der Waals surface area contributed by atoms with Crippen molar-refractivity contribution in [2.75, 3.05) is 20.2 Å². The van der Waals surface area contributed by atoms with Crippen molar-refractivity contribution in [3.8, 4) is 22.3 Å². The third-order valence-electron chi connectivity index (χ3n) is 8.17. The minimum absolute atomic E-state index is 0.0691. The molecule has 0 aliphatic carbocycles. The summed E-state index contributed by atoms with van der Waals surface area (Å²) in [6.07, 6.45) is 1.61. The molecule has 1 aliphatic rings. The van der Waals surface area contributed by atoms with Gasteiger partial charge in [0.1, 0.15) is 5.69 Å². The zero-order valence-corrected chi connectivity index (χ0v) is 25.8. The number of halogens is 2. The predicted molar refractivity (Wildman–Crippen MR) is 168 cm³/mol. The molecule has 0 saturated carbocycles. The van der Waals surface area contributed by atoms with E-state index in [1.807, 2.05) is 37.3 Å². The molecule has 1 unspecified atom stereocenters. The molecular weight excluding hydrogens is 598 g/mol. The molecule has 1 atom stereocenters. The summed E-state index contributed by atoms with van der Waals surface area (Å²) in [5, 5.41) is 10.5. The van der Waals surface area contributed by atoms with Crippen LogP contribution in [0.3, 0.4) is 0 Å². The molecule has 0 radical (unpaired) electrons. The number of aryl methyl sites for hydroxylation is 1. The van der Waals surface area contributed by atoms with Gasteiger partial charge < -0.3 is 9.84 Å². The fraction of sp³-hybridized carbons (Fsp3) is 0.294. The molecule has 1 aliphatic heterocycles. The van der Waals surface area contributed by atoms with Crippen LogP contribution >= 0.6 is 0 Å². The summed E-state index contributed by atoms with van der Waals surface area (Å²) in [6.45, 7) is 4.08. The van der Waals surface area contributed by atoms with E-state index in [1.54, 1.807) is 24.4 Å². The second-order valence-electron chi connectivity index (χ2n) is 11.4. The zero-order chi connectivity index (χ0) is 31.7. The minimum atomic E-state index is -4.16. The number of aromatic nitrogens is 3. The monoisotopic (exact) mass is 632 g/mol. The summed E-state index contributed by atoms with van der Waals surface area (Å²) in [7, 11) is -2.71. The van der Waals surface area contributed by atoms with Gasteiger partial charge >= 0.3 is 0 Å². The van der Waals surface area contributed by atoms with E-state index >= 15 is 0 Å². The number of likely N-dealkylation sites (tertiary alicyclic amines) is 1. The number of fused-ring (bicyclic) bond motifs is 1. The molecule has 6 rings (SSSR count). The van der Waals surface area contributed by atoms with Gasteiger partial charge in [-0.15, -0.1) is 0 Å². The van der Waals surface area contributed by atoms with E-state index in [0.717, 1.165) is 52.2 Å². The topological polar surface area (TPSA) is 97.6 Å². The molecular formula is C34H34F2N4O4S. The first-order valence-corrected chi connectivity index (χ1v) is 16.2. The van der Waals surface area contributed by atoms with Crippen molar-refractivity contribution in [2.24, 2.45) is 0 Å². The largest absolute Gasteiger partial charge is 0.392 e. The van der Waals surface area contributed by atoms with E-state index in [4.69, 9.17) is 4.74 Å². The van der Waals surface area contributed by atoms with Crippen molar-refractivity contribution in [1.29, 1.82) is 0 Å². The number of alkyl halides is 2. The van der Waals surface area contributed by atoms with Gasteiger partial charge in [-0.3, -0.25) is 9.88 Å². The lowest BCUT2D eigenvalue weighted by Gasteiger charge is -2.29. The molecule has 2 aromatic carbocycles. The maximum atomic E-state index is 14.2. The quantitative estimate of drug-likeness (QED) is 0.202. The molecule has 1 N–H and O–H groups in total. The van der Waals surface area contributed by atoms with Crippen LogP contribution in [0.15, 0.2) is 84.0 Å². The van der Waals surface area contributed by atoms with Crippen LogP contribution in [0.2, 0.25) is 0 Å². The number of methoxy groups -OCH3 is 1. The maximum Gasteiger partial charge on any atom is 0.280 e. The van der Waals surface area contributed by atoms with Gasteiger partial charge in [-0.1, -0.05) is 42.0 Å². The standard InChI is InChI=1S/C34H34F2N4O4S/c1-22-5-11-28(12-6-22)45(42,43)40-31(21-44-2)32(25-13-14-37-30(17-25)33(35)36)29-16-26(18-38-34(29)40)24-9-7-23(8-10-24)19-39-15-3-4-27(41)20-39/h5-14,16-18,27,33,41H,3-4,15,19-21H2,1-2H3. The van der Waals surface area contributed by atoms with E-state index in [2.05, 4.69) is 14.9 Å². The first-order valence-electron chi connectivity index (χ1n) is 14.7. The smallest absolute Gasteiger partial charge is 0.280 e. The van der Waals surface area contributed by atoms with Crippen molar-refractivity contribution in [3.63, 3.8) is 0 Å². The average molecular weight is 633 g/mol.